The molecular formula is C23H21ClFN3O3. The summed E-state index contributed by atoms with van der Waals surface area (Å²) in [6, 6.07) is 7.49. The highest BCUT2D eigenvalue weighted by molar-refractivity contribution is 6.34. The number of likely N-dealkylation sites (N-methyl/N-ethyl adjacent to an activating group) is 1. The van der Waals surface area contributed by atoms with Crippen LogP contribution in [0.2, 0.25) is 5.02 Å². The summed E-state index contributed by atoms with van der Waals surface area (Å²) in [6.45, 7) is 5.73. The first-order chi connectivity index (χ1) is 14.9. The van der Waals surface area contributed by atoms with Crippen molar-refractivity contribution in [2.45, 2.75) is 0 Å². The van der Waals surface area contributed by atoms with E-state index >= 15 is 0 Å². The van der Waals surface area contributed by atoms with E-state index in [2.05, 4.69) is 16.5 Å². The molecule has 1 aliphatic heterocycles. The summed E-state index contributed by atoms with van der Waals surface area (Å²) in [4.78, 5) is 20.0. The highest BCUT2D eigenvalue weighted by atomic mass is 35.5. The summed E-state index contributed by atoms with van der Waals surface area (Å²) >= 11 is 6.53. The van der Waals surface area contributed by atoms with Crippen LogP contribution in [0, 0.1) is 5.82 Å². The van der Waals surface area contributed by atoms with Gasteiger partial charge in [0.15, 0.2) is 5.75 Å². The molecule has 8 heteroatoms. The molecule has 1 amide bonds. The molecule has 0 fully saturated rings. The molecule has 3 aromatic rings. The summed E-state index contributed by atoms with van der Waals surface area (Å²) in [6.07, 6.45) is 2.91. The second-order valence-electron chi connectivity index (χ2n) is 7.25. The number of phenols is 1. The van der Waals surface area contributed by atoms with Gasteiger partial charge in [0, 0.05) is 36.1 Å². The maximum atomic E-state index is 14.4. The Morgan fingerprint density at radius 1 is 1.45 bits per heavy atom. The number of hydrogen-bond donors (Lipinski definition) is 1. The Balaban J connectivity index is 1.78. The van der Waals surface area contributed by atoms with Gasteiger partial charge in [0.1, 0.15) is 18.2 Å². The third-order valence-electron chi connectivity index (χ3n) is 5.35. The first-order valence-corrected chi connectivity index (χ1v) is 10.1. The molecule has 4 rings (SSSR count). The lowest BCUT2D eigenvalue weighted by Crippen LogP contribution is -2.39. The summed E-state index contributed by atoms with van der Waals surface area (Å²) in [5.41, 5.74) is 1.80. The minimum atomic E-state index is -0.570. The predicted octanol–water partition coefficient (Wildman–Crippen LogP) is 4.24. The van der Waals surface area contributed by atoms with Gasteiger partial charge in [-0.2, -0.15) is 0 Å². The van der Waals surface area contributed by atoms with Crippen LogP contribution in [0.5, 0.6) is 11.5 Å². The molecule has 0 saturated carbocycles. The topological polar surface area (TPSA) is 65.9 Å². The van der Waals surface area contributed by atoms with Crippen LogP contribution in [-0.2, 0) is 4.79 Å². The van der Waals surface area contributed by atoms with E-state index < -0.39 is 5.82 Å². The number of aromatic hydroxyl groups is 1. The summed E-state index contributed by atoms with van der Waals surface area (Å²) in [5, 5.41) is 11.2. The molecule has 160 valence electrons. The van der Waals surface area contributed by atoms with Crippen molar-refractivity contribution in [2.75, 3.05) is 38.2 Å². The van der Waals surface area contributed by atoms with Crippen LogP contribution in [0.4, 0.5) is 10.1 Å². The molecule has 0 unspecified atom stereocenters. The molecule has 1 aromatic heterocycles. The van der Waals surface area contributed by atoms with Gasteiger partial charge in [0.2, 0.25) is 5.91 Å². The summed E-state index contributed by atoms with van der Waals surface area (Å²) in [5.74, 6) is -0.294. The minimum Gasteiger partial charge on any atom is -0.507 e. The van der Waals surface area contributed by atoms with Gasteiger partial charge in [-0.25, -0.2) is 4.39 Å². The third kappa shape index (κ3) is 3.88. The Morgan fingerprint density at radius 2 is 2.26 bits per heavy atom. The molecule has 1 N–H and O–H groups in total. The zero-order chi connectivity index (χ0) is 22.1. The second kappa shape index (κ2) is 8.43. The van der Waals surface area contributed by atoms with Gasteiger partial charge in [-0.05, 0) is 30.3 Å². The summed E-state index contributed by atoms with van der Waals surface area (Å²) < 4.78 is 20.2. The fraction of sp³-hybridized carbons (Fsp3) is 0.217. The van der Waals surface area contributed by atoms with Crippen molar-refractivity contribution in [3.05, 3.63) is 60.0 Å². The van der Waals surface area contributed by atoms with Crippen molar-refractivity contribution in [2.24, 2.45) is 0 Å². The number of amides is 1. The van der Waals surface area contributed by atoms with Gasteiger partial charge in [0.05, 0.1) is 29.5 Å². The second-order valence-corrected chi connectivity index (χ2v) is 7.66. The van der Waals surface area contributed by atoms with E-state index in [1.165, 1.54) is 24.3 Å². The Hall–Kier alpha value is -3.32. The van der Waals surface area contributed by atoms with Gasteiger partial charge < -0.3 is 19.6 Å². The number of phenolic OH excluding ortho intramolecular Hbond substituents is 1. The van der Waals surface area contributed by atoms with E-state index in [1.54, 1.807) is 30.3 Å². The Bertz CT molecular complexity index is 1160. The molecule has 0 aliphatic carbocycles. The number of benzene rings is 2. The highest BCUT2D eigenvalue weighted by Crippen LogP contribution is 2.43. The molecule has 0 radical (unpaired) electrons. The quantitative estimate of drug-likeness (QED) is 0.600. The molecule has 2 heterocycles. The minimum absolute atomic E-state index is 0.0339. The predicted molar refractivity (Wildman–Crippen MR) is 119 cm³/mol. The molecule has 0 bridgehead atoms. The van der Waals surface area contributed by atoms with E-state index in [-0.39, 0.29) is 22.2 Å². The third-order valence-corrected chi connectivity index (χ3v) is 5.66. The molecule has 0 spiro atoms. The van der Waals surface area contributed by atoms with Gasteiger partial charge >= 0.3 is 0 Å². The maximum Gasteiger partial charge on any atom is 0.245 e. The lowest BCUT2D eigenvalue weighted by atomic mass is 10.0. The normalized spacial score (nSPS) is 12.9. The van der Waals surface area contributed by atoms with Crippen LogP contribution in [0.3, 0.4) is 0 Å². The SMILES string of the molecule is C=CC(=O)N(C)CCN1CCOc2cnc3cc(-c4c(O)cccc4F)c(Cl)cc3c21. The Morgan fingerprint density at radius 3 is 3.00 bits per heavy atom. The number of carbonyl (C=O) groups is 1. The van der Waals surface area contributed by atoms with Crippen LogP contribution in [-0.4, -0.2) is 54.2 Å². The zero-order valence-electron chi connectivity index (χ0n) is 16.9. The van der Waals surface area contributed by atoms with Crippen LogP contribution < -0.4 is 9.64 Å². The lowest BCUT2D eigenvalue weighted by Gasteiger charge is -2.33. The van der Waals surface area contributed by atoms with Crippen molar-refractivity contribution in [3.8, 4) is 22.6 Å². The highest BCUT2D eigenvalue weighted by Gasteiger charge is 2.24. The molecule has 6 nitrogen and oxygen atoms in total. The Labute approximate surface area is 184 Å². The molecule has 0 saturated heterocycles. The number of aromatic nitrogens is 1. The maximum absolute atomic E-state index is 14.4. The average molecular weight is 442 g/mol. The largest absolute Gasteiger partial charge is 0.507 e. The number of hydrogen-bond acceptors (Lipinski definition) is 5. The number of halogens is 2. The Kier molecular flexibility index (Phi) is 5.69. The number of pyridine rings is 1. The van der Waals surface area contributed by atoms with Crippen molar-refractivity contribution in [1.82, 2.24) is 9.88 Å². The first-order valence-electron chi connectivity index (χ1n) is 9.76. The molecule has 0 atom stereocenters. The van der Waals surface area contributed by atoms with Crippen molar-refractivity contribution in [3.63, 3.8) is 0 Å². The van der Waals surface area contributed by atoms with E-state index in [0.29, 0.717) is 43.1 Å². The molecular weight excluding hydrogens is 421 g/mol. The fourth-order valence-corrected chi connectivity index (χ4v) is 3.98. The van der Waals surface area contributed by atoms with Crippen LogP contribution in [0.25, 0.3) is 22.0 Å². The number of ether oxygens (including phenoxy) is 1. The van der Waals surface area contributed by atoms with E-state index in [1.807, 2.05) is 0 Å². The number of rotatable bonds is 5. The number of fused-ring (bicyclic) bond motifs is 3. The van der Waals surface area contributed by atoms with Crippen molar-refractivity contribution >= 4 is 34.1 Å². The van der Waals surface area contributed by atoms with Gasteiger partial charge in [-0.1, -0.05) is 24.2 Å². The van der Waals surface area contributed by atoms with Crippen LogP contribution >= 0.6 is 11.6 Å². The van der Waals surface area contributed by atoms with Crippen molar-refractivity contribution < 1.29 is 19.0 Å². The summed E-state index contributed by atoms with van der Waals surface area (Å²) in [7, 11) is 1.72. The van der Waals surface area contributed by atoms with Crippen LogP contribution in [0.15, 0.2) is 49.2 Å². The van der Waals surface area contributed by atoms with Crippen molar-refractivity contribution in [1.29, 1.82) is 0 Å². The molecule has 1 aliphatic rings. The van der Waals surface area contributed by atoms with Crippen LogP contribution in [0.1, 0.15) is 0 Å². The van der Waals surface area contributed by atoms with Gasteiger partial charge in [0.25, 0.3) is 0 Å². The smallest absolute Gasteiger partial charge is 0.245 e. The number of anilines is 1. The van der Waals surface area contributed by atoms with Gasteiger partial charge in [-0.15, -0.1) is 0 Å². The van der Waals surface area contributed by atoms with E-state index in [0.717, 1.165) is 11.1 Å². The lowest BCUT2D eigenvalue weighted by molar-refractivity contribution is -0.124. The number of nitrogens with zero attached hydrogens (tertiary/aromatic N) is 3. The number of carbonyl (C=O) groups excluding carboxylic acids is 1. The monoisotopic (exact) mass is 441 g/mol. The zero-order valence-corrected chi connectivity index (χ0v) is 17.7. The fourth-order valence-electron chi connectivity index (χ4n) is 3.72. The van der Waals surface area contributed by atoms with E-state index in [4.69, 9.17) is 16.3 Å². The molecule has 31 heavy (non-hydrogen) atoms. The first kappa shape index (κ1) is 20.9. The van der Waals surface area contributed by atoms with Gasteiger partial charge in [-0.3, -0.25) is 9.78 Å². The average Bonchev–Trinajstić information content (AvgIpc) is 2.76. The van der Waals surface area contributed by atoms with E-state index in [9.17, 15) is 14.3 Å². The standard InChI is InChI=1S/C23H21ClFN3O3/c1-3-21(30)27(2)7-8-28-9-10-31-20-13-26-18-12-14(16(24)11-15(18)23(20)28)22-17(25)5-4-6-19(22)29/h3-6,11-13,29H,1,7-10H2,2H3. The molecule has 2 aromatic carbocycles.